The Morgan fingerprint density at radius 2 is 1.70 bits per heavy atom. The smallest absolute Gasteiger partial charge is 0.262 e. The maximum absolute atomic E-state index is 13.0. The van der Waals surface area contributed by atoms with E-state index >= 15 is 0 Å². The Balaban J connectivity index is 1.64. The molecule has 2 atom stereocenters. The van der Waals surface area contributed by atoms with Crippen molar-refractivity contribution in [3.63, 3.8) is 0 Å². The third-order valence-electron chi connectivity index (χ3n) is 5.03. The maximum atomic E-state index is 13.0. The van der Waals surface area contributed by atoms with E-state index in [-0.39, 0.29) is 23.2 Å². The Morgan fingerprint density at radius 3 is 2.22 bits per heavy atom. The summed E-state index contributed by atoms with van der Waals surface area (Å²) >= 11 is 0. The molecular weight excluding hydrogens is 316 g/mol. The van der Waals surface area contributed by atoms with E-state index in [1.165, 1.54) is 0 Å². The number of nitrogens with zero attached hydrogens (tertiary/aromatic N) is 6. The van der Waals surface area contributed by atoms with Crippen LogP contribution in [-0.4, -0.2) is 49.4 Å². The van der Waals surface area contributed by atoms with E-state index in [0.29, 0.717) is 5.82 Å². The summed E-state index contributed by atoms with van der Waals surface area (Å²) in [5, 5.41) is 8.60. The lowest BCUT2D eigenvalue weighted by atomic mass is 10.0. The number of rotatable bonds is 3. The molecule has 2 aromatic rings. The van der Waals surface area contributed by atoms with Crippen LogP contribution in [0, 0.1) is 6.92 Å². The van der Waals surface area contributed by atoms with E-state index in [4.69, 9.17) is 0 Å². The minimum absolute atomic E-state index is 0.0112. The third-order valence-corrected chi connectivity index (χ3v) is 6.91. The van der Waals surface area contributed by atoms with Crippen LogP contribution in [0.2, 0.25) is 0 Å². The molecule has 2 saturated heterocycles. The largest absolute Gasteiger partial charge is 0.337 e. The quantitative estimate of drug-likeness (QED) is 0.830. The first-order chi connectivity index (χ1) is 11.0. The predicted octanol–water partition coefficient (Wildman–Crippen LogP) is 0.877. The molecule has 0 saturated carbocycles. The molecule has 4 heterocycles. The SMILES string of the molecule is Cc1nc(S(=O)(=O)N2C3CCC2CC(n2nccn2)C3)cn1C. The van der Waals surface area contributed by atoms with Crippen LogP contribution in [0.15, 0.2) is 23.6 Å². The molecule has 8 nitrogen and oxygen atoms in total. The van der Waals surface area contributed by atoms with Crippen LogP contribution < -0.4 is 0 Å². The van der Waals surface area contributed by atoms with Crippen molar-refractivity contribution in [2.75, 3.05) is 0 Å². The molecule has 9 heteroatoms. The molecule has 2 bridgehead atoms. The average molecular weight is 336 g/mol. The molecule has 0 aliphatic carbocycles. The lowest BCUT2D eigenvalue weighted by Crippen LogP contribution is -2.47. The van der Waals surface area contributed by atoms with Gasteiger partial charge in [-0.1, -0.05) is 0 Å². The summed E-state index contributed by atoms with van der Waals surface area (Å²) in [5.74, 6) is 0.701. The van der Waals surface area contributed by atoms with E-state index in [9.17, 15) is 8.42 Å². The number of hydrogen-bond acceptors (Lipinski definition) is 5. The van der Waals surface area contributed by atoms with Gasteiger partial charge in [0.25, 0.3) is 10.0 Å². The van der Waals surface area contributed by atoms with E-state index < -0.39 is 10.0 Å². The number of piperidine rings is 1. The van der Waals surface area contributed by atoms with Gasteiger partial charge in [-0.15, -0.1) is 0 Å². The van der Waals surface area contributed by atoms with Gasteiger partial charge in [0.05, 0.1) is 18.4 Å². The number of aryl methyl sites for hydroxylation is 2. The molecule has 2 aromatic heterocycles. The lowest BCUT2D eigenvalue weighted by Gasteiger charge is -2.36. The van der Waals surface area contributed by atoms with Crippen LogP contribution >= 0.6 is 0 Å². The molecule has 0 N–H and O–H groups in total. The molecular formula is C14H20N6O2S. The van der Waals surface area contributed by atoms with Crippen LogP contribution in [0.4, 0.5) is 0 Å². The number of imidazole rings is 1. The summed E-state index contributed by atoms with van der Waals surface area (Å²) in [6.45, 7) is 1.81. The fourth-order valence-corrected chi connectivity index (χ4v) is 5.78. The Kier molecular flexibility index (Phi) is 3.31. The highest BCUT2D eigenvalue weighted by Crippen LogP contribution is 2.43. The standard InChI is InChI=1S/C14H20N6O2S/c1-10-17-14(9-18(10)2)23(21,22)19-11-3-4-12(19)8-13(7-11)20-15-5-6-16-20/h5-6,9,11-13H,3-4,7-8H2,1-2H3. The van der Waals surface area contributed by atoms with Gasteiger partial charge in [-0.05, 0) is 32.6 Å². The topological polar surface area (TPSA) is 85.9 Å². The third kappa shape index (κ3) is 2.29. The predicted molar refractivity (Wildman–Crippen MR) is 82.1 cm³/mol. The number of hydrogen-bond donors (Lipinski definition) is 0. The molecule has 2 aliphatic heterocycles. The Labute approximate surface area is 135 Å². The van der Waals surface area contributed by atoms with Crippen molar-refractivity contribution < 1.29 is 8.42 Å². The number of fused-ring (bicyclic) bond motifs is 2. The van der Waals surface area contributed by atoms with Crippen molar-refractivity contribution in [2.45, 2.75) is 55.8 Å². The van der Waals surface area contributed by atoms with Gasteiger partial charge in [-0.3, -0.25) is 0 Å². The van der Waals surface area contributed by atoms with Crippen LogP contribution in [0.5, 0.6) is 0 Å². The first-order valence-electron chi connectivity index (χ1n) is 7.86. The second-order valence-corrected chi connectivity index (χ2v) is 8.22. The van der Waals surface area contributed by atoms with Gasteiger partial charge in [-0.25, -0.2) is 13.4 Å². The van der Waals surface area contributed by atoms with Crippen molar-refractivity contribution in [2.24, 2.45) is 7.05 Å². The molecule has 2 aliphatic rings. The van der Waals surface area contributed by atoms with Gasteiger partial charge in [-0.2, -0.15) is 19.3 Å². The maximum Gasteiger partial charge on any atom is 0.262 e. The highest BCUT2D eigenvalue weighted by atomic mass is 32.2. The number of sulfonamides is 1. The molecule has 0 radical (unpaired) electrons. The molecule has 0 spiro atoms. The molecule has 0 aromatic carbocycles. The van der Waals surface area contributed by atoms with Crippen molar-refractivity contribution in [3.05, 3.63) is 24.4 Å². The van der Waals surface area contributed by atoms with Crippen LogP contribution in [-0.2, 0) is 17.1 Å². The van der Waals surface area contributed by atoms with Gasteiger partial charge in [0.1, 0.15) is 5.82 Å². The van der Waals surface area contributed by atoms with Gasteiger partial charge < -0.3 is 4.57 Å². The normalized spacial score (nSPS) is 28.3. The van der Waals surface area contributed by atoms with Crippen LogP contribution in [0.3, 0.4) is 0 Å². The van der Waals surface area contributed by atoms with Crippen molar-refractivity contribution >= 4 is 10.0 Å². The summed E-state index contributed by atoms with van der Waals surface area (Å²) in [6.07, 6.45) is 8.25. The zero-order valence-corrected chi connectivity index (χ0v) is 14.0. The van der Waals surface area contributed by atoms with Crippen LogP contribution in [0.25, 0.3) is 0 Å². The van der Waals surface area contributed by atoms with Crippen molar-refractivity contribution in [3.8, 4) is 0 Å². The first-order valence-corrected chi connectivity index (χ1v) is 9.30. The molecule has 2 fully saturated rings. The monoisotopic (exact) mass is 336 g/mol. The summed E-state index contributed by atoms with van der Waals surface area (Å²) in [7, 11) is -1.73. The Bertz CT molecular complexity index is 779. The molecule has 124 valence electrons. The highest BCUT2D eigenvalue weighted by Gasteiger charge is 2.48. The minimum atomic E-state index is -3.54. The van der Waals surface area contributed by atoms with E-state index in [1.807, 2.05) is 14.0 Å². The molecule has 2 unspecified atom stereocenters. The summed E-state index contributed by atoms with van der Waals surface area (Å²) in [6, 6.07) is 0.202. The minimum Gasteiger partial charge on any atom is -0.337 e. The first kappa shape index (κ1) is 14.8. The van der Waals surface area contributed by atoms with Gasteiger partial charge in [0.15, 0.2) is 5.03 Å². The molecule has 23 heavy (non-hydrogen) atoms. The second kappa shape index (κ2) is 5.13. The van der Waals surface area contributed by atoms with E-state index in [1.54, 1.807) is 32.3 Å². The Morgan fingerprint density at radius 1 is 1.09 bits per heavy atom. The second-order valence-electron chi connectivity index (χ2n) is 6.43. The number of aromatic nitrogens is 5. The van der Waals surface area contributed by atoms with E-state index in [0.717, 1.165) is 25.7 Å². The lowest BCUT2D eigenvalue weighted by molar-refractivity contribution is 0.174. The van der Waals surface area contributed by atoms with Crippen molar-refractivity contribution in [1.82, 2.24) is 28.9 Å². The van der Waals surface area contributed by atoms with Gasteiger partial charge in [0.2, 0.25) is 0 Å². The molecule has 4 rings (SSSR count). The van der Waals surface area contributed by atoms with Crippen LogP contribution in [0.1, 0.15) is 37.5 Å². The average Bonchev–Trinajstić information content (AvgIpc) is 3.20. The van der Waals surface area contributed by atoms with Crippen molar-refractivity contribution in [1.29, 1.82) is 0 Å². The fourth-order valence-electron chi connectivity index (χ4n) is 3.86. The summed E-state index contributed by atoms with van der Waals surface area (Å²) < 4.78 is 29.5. The Hall–Kier alpha value is -1.74. The van der Waals surface area contributed by atoms with E-state index in [2.05, 4.69) is 15.2 Å². The van der Waals surface area contributed by atoms with Gasteiger partial charge in [0, 0.05) is 25.3 Å². The summed E-state index contributed by atoms with van der Waals surface area (Å²) in [5.41, 5.74) is 0. The highest BCUT2D eigenvalue weighted by molar-refractivity contribution is 7.89. The zero-order chi connectivity index (χ0) is 16.2. The molecule has 0 amide bonds. The van der Waals surface area contributed by atoms with Gasteiger partial charge >= 0.3 is 0 Å². The summed E-state index contributed by atoms with van der Waals surface area (Å²) in [4.78, 5) is 5.95. The zero-order valence-electron chi connectivity index (χ0n) is 13.2. The fraction of sp³-hybridized carbons (Fsp3) is 0.643.